The van der Waals surface area contributed by atoms with Crippen LogP contribution in [0.1, 0.15) is 23.6 Å². The maximum Gasteiger partial charge on any atom is 0.119 e. The van der Waals surface area contributed by atoms with Crippen LogP contribution in [-0.4, -0.2) is 24.9 Å². The predicted octanol–water partition coefficient (Wildman–Crippen LogP) is 2.88. The molecule has 0 saturated carbocycles. The van der Waals surface area contributed by atoms with Crippen LogP contribution < -0.4 is 9.64 Å². The minimum absolute atomic E-state index is 0.109. The van der Waals surface area contributed by atoms with Crippen molar-refractivity contribution in [2.45, 2.75) is 18.6 Å². The van der Waals surface area contributed by atoms with Crippen molar-refractivity contribution in [3.05, 3.63) is 59.7 Å². The van der Waals surface area contributed by atoms with E-state index in [1.165, 1.54) is 0 Å². The van der Waals surface area contributed by atoms with Crippen LogP contribution in [0, 0.1) is 11.3 Å². The molecule has 4 nitrogen and oxygen atoms in total. The maximum absolute atomic E-state index is 10.1. The number of rotatable bonds is 3. The van der Waals surface area contributed by atoms with Crippen molar-refractivity contribution in [3.8, 4) is 11.8 Å². The normalized spacial score (nSPS) is 20.7. The van der Waals surface area contributed by atoms with Gasteiger partial charge >= 0.3 is 0 Å². The third-order valence-corrected chi connectivity index (χ3v) is 4.09. The third kappa shape index (κ3) is 2.76. The molecule has 1 aliphatic rings. The lowest BCUT2D eigenvalue weighted by Gasteiger charge is -2.27. The first kappa shape index (κ1) is 14.4. The number of β-amino-alcohol motifs (C(OH)–C–C–N with tert-alkyl or cyclic N) is 1. The van der Waals surface area contributed by atoms with Crippen LogP contribution in [-0.2, 0) is 0 Å². The molecule has 1 aliphatic heterocycles. The second-order valence-electron chi connectivity index (χ2n) is 5.49. The molecule has 2 aromatic rings. The van der Waals surface area contributed by atoms with Crippen LogP contribution in [0.3, 0.4) is 0 Å². The highest BCUT2D eigenvalue weighted by atomic mass is 16.5. The number of nitriles is 1. The number of anilines is 1. The Morgan fingerprint density at radius 3 is 2.68 bits per heavy atom. The summed E-state index contributed by atoms with van der Waals surface area (Å²) in [4.78, 5) is 2.18. The molecule has 1 saturated heterocycles. The number of aliphatic hydroxyl groups is 1. The van der Waals surface area contributed by atoms with Crippen molar-refractivity contribution in [1.29, 1.82) is 5.26 Å². The van der Waals surface area contributed by atoms with E-state index < -0.39 is 0 Å². The van der Waals surface area contributed by atoms with Gasteiger partial charge in [-0.1, -0.05) is 12.1 Å². The van der Waals surface area contributed by atoms with Gasteiger partial charge in [0.2, 0.25) is 0 Å². The summed E-state index contributed by atoms with van der Waals surface area (Å²) < 4.78 is 5.30. The molecule has 1 heterocycles. The number of nitrogens with zero attached hydrogens (tertiary/aromatic N) is 2. The largest absolute Gasteiger partial charge is 0.497 e. The predicted molar refractivity (Wildman–Crippen MR) is 84.9 cm³/mol. The number of hydrogen-bond donors (Lipinski definition) is 1. The van der Waals surface area contributed by atoms with Crippen LogP contribution in [0.5, 0.6) is 5.75 Å². The number of hydrogen-bond acceptors (Lipinski definition) is 4. The molecule has 0 aliphatic carbocycles. The van der Waals surface area contributed by atoms with E-state index in [0.29, 0.717) is 18.5 Å². The summed E-state index contributed by atoms with van der Waals surface area (Å²) in [6.45, 7) is 0.591. The number of methoxy groups -OCH3 is 1. The van der Waals surface area contributed by atoms with Gasteiger partial charge in [-0.25, -0.2) is 0 Å². The molecule has 0 bridgehead atoms. The standard InChI is InChI=1S/C18H18N2O2/c1-22-17-4-2-3-14(9-17)18-10-16(21)12-20(18)15-7-5-13(11-19)6-8-15/h2-9,16,18,21H,10,12H2,1H3/t16-,18-/m0/s1. The summed E-state index contributed by atoms with van der Waals surface area (Å²) in [7, 11) is 1.65. The monoisotopic (exact) mass is 294 g/mol. The van der Waals surface area contributed by atoms with E-state index in [1.54, 1.807) is 7.11 Å². The van der Waals surface area contributed by atoms with E-state index in [-0.39, 0.29) is 12.1 Å². The Bertz CT molecular complexity index is 691. The Hall–Kier alpha value is -2.51. The molecule has 2 aromatic carbocycles. The van der Waals surface area contributed by atoms with Crippen molar-refractivity contribution in [2.75, 3.05) is 18.6 Å². The Labute approximate surface area is 130 Å². The fourth-order valence-electron chi connectivity index (χ4n) is 2.99. The highest BCUT2D eigenvalue weighted by Gasteiger charge is 2.32. The summed E-state index contributed by atoms with van der Waals surface area (Å²) in [5.41, 5.74) is 2.78. The number of aliphatic hydroxyl groups excluding tert-OH is 1. The van der Waals surface area contributed by atoms with Gasteiger partial charge in [-0.05, 0) is 48.4 Å². The molecule has 2 atom stereocenters. The van der Waals surface area contributed by atoms with E-state index in [9.17, 15) is 5.11 Å². The van der Waals surface area contributed by atoms with Crippen LogP contribution >= 0.6 is 0 Å². The minimum Gasteiger partial charge on any atom is -0.497 e. The van der Waals surface area contributed by atoms with E-state index in [4.69, 9.17) is 10.00 Å². The van der Waals surface area contributed by atoms with Gasteiger partial charge in [0.15, 0.2) is 0 Å². The molecule has 0 aromatic heterocycles. The molecule has 112 valence electrons. The highest BCUT2D eigenvalue weighted by molar-refractivity contribution is 5.53. The van der Waals surface area contributed by atoms with Crippen LogP contribution in [0.2, 0.25) is 0 Å². The Balaban J connectivity index is 1.92. The fourth-order valence-corrected chi connectivity index (χ4v) is 2.99. The Kier molecular flexibility index (Phi) is 3.99. The molecule has 1 N–H and O–H groups in total. The second kappa shape index (κ2) is 6.08. The molecule has 1 fully saturated rings. The maximum atomic E-state index is 10.1. The topological polar surface area (TPSA) is 56.5 Å². The average Bonchev–Trinajstić information content (AvgIpc) is 2.97. The number of benzene rings is 2. The van der Waals surface area contributed by atoms with Gasteiger partial charge in [0.25, 0.3) is 0 Å². The fraction of sp³-hybridized carbons (Fsp3) is 0.278. The summed E-state index contributed by atoms with van der Waals surface area (Å²) >= 11 is 0. The first-order valence-electron chi connectivity index (χ1n) is 7.30. The van der Waals surface area contributed by atoms with Crippen LogP contribution in [0.25, 0.3) is 0 Å². The Morgan fingerprint density at radius 1 is 1.23 bits per heavy atom. The lowest BCUT2D eigenvalue weighted by Crippen LogP contribution is -2.24. The molecule has 0 radical (unpaired) electrons. The first-order chi connectivity index (χ1) is 10.7. The van der Waals surface area contributed by atoms with Crippen molar-refractivity contribution in [2.24, 2.45) is 0 Å². The molecule has 0 spiro atoms. The molecule has 0 unspecified atom stereocenters. The van der Waals surface area contributed by atoms with E-state index in [1.807, 2.05) is 42.5 Å². The molecule has 3 rings (SSSR count). The van der Waals surface area contributed by atoms with E-state index >= 15 is 0 Å². The average molecular weight is 294 g/mol. The summed E-state index contributed by atoms with van der Waals surface area (Å²) in [6, 6.07) is 17.7. The van der Waals surface area contributed by atoms with Gasteiger partial charge in [-0.2, -0.15) is 5.26 Å². The molecule has 0 amide bonds. The van der Waals surface area contributed by atoms with Gasteiger partial charge in [0, 0.05) is 12.2 Å². The minimum atomic E-state index is -0.355. The van der Waals surface area contributed by atoms with Gasteiger partial charge in [-0.3, -0.25) is 0 Å². The van der Waals surface area contributed by atoms with Gasteiger partial charge in [0.05, 0.1) is 30.9 Å². The zero-order chi connectivity index (χ0) is 15.5. The first-order valence-corrected chi connectivity index (χ1v) is 7.30. The zero-order valence-electron chi connectivity index (χ0n) is 12.4. The van der Waals surface area contributed by atoms with E-state index in [2.05, 4.69) is 17.0 Å². The van der Waals surface area contributed by atoms with Gasteiger partial charge in [0.1, 0.15) is 5.75 Å². The molecular weight excluding hydrogens is 276 g/mol. The van der Waals surface area contributed by atoms with Crippen molar-refractivity contribution < 1.29 is 9.84 Å². The zero-order valence-corrected chi connectivity index (χ0v) is 12.4. The summed E-state index contributed by atoms with van der Waals surface area (Å²) in [6.07, 6.45) is 0.333. The Morgan fingerprint density at radius 2 is 2.00 bits per heavy atom. The lowest BCUT2D eigenvalue weighted by atomic mass is 10.0. The summed E-state index contributed by atoms with van der Waals surface area (Å²) in [5, 5.41) is 19.0. The molecule has 22 heavy (non-hydrogen) atoms. The van der Waals surface area contributed by atoms with Crippen molar-refractivity contribution in [3.63, 3.8) is 0 Å². The highest BCUT2D eigenvalue weighted by Crippen LogP contribution is 2.37. The second-order valence-corrected chi connectivity index (χ2v) is 5.49. The van der Waals surface area contributed by atoms with Gasteiger partial charge < -0.3 is 14.7 Å². The smallest absolute Gasteiger partial charge is 0.119 e. The molecular formula is C18H18N2O2. The number of ether oxygens (including phenoxy) is 1. The van der Waals surface area contributed by atoms with Gasteiger partial charge in [-0.15, -0.1) is 0 Å². The van der Waals surface area contributed by atoms with Crippen molar-refractivity contribution >= 4 is 5.69 Å². The summed E-state index contributed by atoms with van der Waals surface area (Å²) in [5.74, 6) is 0.818. The van der Waals surface area contributed by atoms with E-state index in [0.717, 1.165) is 17.0 Å². The van der Waals surface area contributed by atoms with Crippen molar-refractivity contribution in [1.82, 2.24) is 0 Å². The lowest BCUT2D eigenvalue weighted by molar-refractivity contribution is 0.194. The van der Waals surface area contributed by atoms with Crippen LogP contribution in [0.15, 0.2) is 48.5 Å². The van der Waals surface area contributed by atoms with Crippen LogP contribution in [0.4, 0.5) is 5.69 Å². The molecule has 4 heteroatoms. The quantitative estimate of drug-likeness (QED) is 0.945. The SMILES string of the molecule is COc1cccc([C@@H]2C[C@H](O)CN2c2ccc(C#N)cc2)c1. The third-order valence-electron chi connectivity index (χ3n) is 4.09.